The maximum Gasteiger partial charge on any atom is 0.330 e. The highest BCUT2D eigenvalue weighted by molar-refractivity contribution is 6.34. The molecule has 0 aliphatic carbocycles. The number of anilines is 5. The van der Waals surface area contributed by atoms with E-state index in [1.165, 1.54) is 10.5 Å². The standard InChI is InChI=1S/C35H40ClN7O3/c1-4-42(5-2)20-21-46-29-17-14-27(15-18-29)39-34-37-23-26-24-43(35(45)41(3)33(26)40-34)31-22-28(16-19-30(31)36)38-32(44)13-9-12-25-10-7-6-8-11-25/h6-8,10-11,14-19,22-23H,4-5,9,12-13,20-21,24H2,1-3H3,(H,38,44)(H,37,39,40). The van der Waals surface area contributed by atoms with Crippen LogP contribution in [0.5, 0.6) is 5.75 Å². The monoisotopic (exact) mass is 641 g/mol. The van der Waals surface area contributed by atoms with Crippen molar-refractivity contribution in [3.63, 3.8) is 0 Å². The third-order valence-electron chi connectivity index (χ3n) is 7.92. The molecule has 0 unspecified atom stereocenters. The van der Waals surface area contributed by atoms with Crippen LogP contribution >= 0.6 is 11.6 Å². The molecule has 0 bridgehead atoms. The molecule has 240 valence electrons. The van der Waals surface area contributed by atoms with Gasteiger partial charge in [0.1, 0.15) is 18.2 Å². The zero-order chi connectivity index (χ0) is 32.5. The third-order valence-corrected chi connectivity index (χ3v) is 8.24. The highest BCUT2D eigenvalue weighted by Crippen LogP contribution is 2.35. The Morgan fingerprint density at radius 3 is 2.50 bits per heavy atom. The van der Waals surface area contributed by atoms with E-state index in [2.05, 4.69) is 51.5 Å². The van der Waals surface area contributed by atoms with Gasteiger partial charge in [-0.25, -0.2) is 9.78 Å². The lowest BCUT2D eigenvalue weighted by molar-refractivity contribution is -0.116. The number of hydrogen-bond donors (Lipinski definition) is 2. The number of carbonyl (C=O) groups excluding carboxylic acids is 2. The topological polar surface area (TPSA) is 103 Å². The zero-order valence-corrected chi connectivity index (χ0v) is 27.3. The second-order valence-electron chi connectivity index (χ2n) is 11.0. The zero-order valence-electron chi connectivity index (χ0n) is 26.5. The van der Waals surface area contributed by atoms with Crippen molar-refractivity contribution < 1.29 is 14.3 Å². The molecule has 3 aromatic carbocycles. The summed E-state index contributed by atoms with van der Waals surface area (Å²) in [5.41, 5.74) is 3.82. The van der Waals surface area contributed by atoms with Gasteiger partial charge in [-0.2, -0.15) is 4.98 Å². The van der Waals surface area contributed by atoms with Crippen LogP contribution in [-0.4, -0.2) is 60.1 Å². The molecule has 1 aliphatic heterocycles. The number of amides is 3. The lowest BCUT2D eigenvalue weighted by Crippen LogP contribution is -2.46. The van der Waals surface area contributed by atoms with Crippen LogP contribution in [0.4, 0.5) is 33.6 Å². The second kappa shape index (κ2) is 15.6. The van der Waals surface area contributed by atoms with Gasteiger partial charge in [-0.05, 0) is 74.0 Å². The summed E-state index contributed by atoms with van der Waals surface area (Å²) in [6.07, 6.45) is 3.65. The summed E-state index contributed by atoms with van der Waals surface area (Å²) in [7, 11) is 1.67. The number of fused-ring (bicyclic) bond motifs is 1. The van der Waals surface area contributed by atoms with E-state index < -0.39 is 0 Å². The summed E-state index contributed by atoms with van der Waals surface area (Å²) in [6.45, 7) is 8.01. The summed E-state index contributed by atoms with van der Waals surface area (Å²) in [5, 5.41) is 6.55. The average Bonchev–Trinajstić information content (AvgIpc) is 3.07. The number of ether oxygens (including phenoxy) is 1. The molecule has 11 heteroatoms. The first-order chi connectivity index (χ1) is 22.3. The van der Waals surface area contributed by atoms with Crippen LogP contribution in [0.2, 0.25) is 5.02 Å². The van der Waals surface area contributed by atoms with Crippen molar-refractivity contribution in [1.82, 2.24) is 14.9 Å². The molecule has 0 fully saturated rings. The van der Waals surface area contributed by atoms with E-state index in [1.54, 1.807) is 36.3 Å². The Morgan fingerprint density at radius 1 is 1.02 bits per heavy atom. The van der Waals surface area contributed by atoms with Crippen LogP contribution in [0.1, 0.15) is 37.8 Å². The van der Waals surface area contributed by atoms with Gasteiger partial charge < -0.3 is 20.3 Å². The van der Waals surface area contributed by atoms with Gasteiger partial charge >= 0.3 is 6.03 Å². The Bertz CT molecular complexity index is 1630. The fourth-order valence-corrected chi connectivity index (χ4v) is 5.49. The number of carbonyl (C=O) groups is 2. The molecule has 0 radical (unpaired) electrons. The van der Waals surface area contributed by atoms with Crippen LogP contribution in [0.15, 0.2) is 79.0 Å². The summed E-state index contributed by atoms with van der Waals surface area (Å²) in [4.78, 5) is 40.7. The molecule has 2 N–H and O–H groups in total. The van der Waals surface area contributed by atoms with Crippen molar-refractivity contribution >= 4 is 52.4 Å². The van der Waals surface area contributed by atoms with Gasteiger partial charge in [0.15, 0.2) is 0 Å². The van der Waals surface area contributed by atoms with E-state index in [1.807, 2.05) is 42.5 Å². The number of halogens is 1. The van der Waals surface area contributed by atoms with Crippen LogP contribution in [0.25, 0.3) is 0 Å². The Labute approximate surface area is 275 Å². The van der Waals surface area contributed by atoms with Crippen LogP contribution < -0.4 is 25.2 Å². The summed E-state index contributed by atoms with van der Waals surface area (Å²) in [5.74, 6) is 1.58. The van der Waals surface area contributed by atoms with E-state index in [9.17, 15) is 9.59 Å². The van der Waals surface area contributed by atoms with E-state index in [4.69, 9.17) is 16.3 Å². The molecule has 5 rings (SSSR count). The quantitative estimate of drug-likeness (QED) is 0.151. The minimum absolute atomic E-state index is 0.0949. The lowest BCUT2D eigenvalue weighted by Gasteiger charge is -2.34. The maximum absolute atomic E-state index is 13.5. The van der Waals surface area contributed by atoms with E-state index in [0.29, 0.717) is 41.2 Å². The van der Waals surface area contributed by atoms with Crippen molar-refractivity contribution in [2.75, 3.05) is 53.7 Å². The molecule has 0 spiro atoms. The average molecular weight is 642 g/mol. The Morgan fingerprint density at radius 2 is 1.76 bits per heavy atom. The van der Waals surface area contributed by atoms with Gasteiger partial charge in [-0.15, -0.1) is 0 Å². The van der Waals surface area contributed by atoms with Crippen LogP contribution in [0, 0.1) is 0 Å². The van der Waals surface area contributed by atoms with Crippen molar-refractivity contribution in [3.05, 3.63) is 95.1 Å². The number of nitrogens with one attached hydrogen (secondary N) is 2. The fourth-order valence-electron chi connectivity index (χ4n) is 5.27. The number of benzene rings is 3. The fraction of sp³-hybridized carbons (Fsp3) is 0.314. The third kappa shape index (κ3) is 8.32. The van der Waals surface area contributed by atoms with Crippen molar-refractivity contribution in [2.45, 2.75) is 39.7 Å². The minimum Gasteiger partial charge on any atom is -0.492 e. The highest BCUT2D eigenvalue weighted by Gasteiger charge is 2.32. The number of likely N-dealkylation sites (N-methyl/N-ethyl adjacent to an activating group) is 1. The van der Waals surface area contributed by atoms with E-state index in [0.717, 1.165) is 49.5 Å². The van der Waals surface area contributed by atoms with E-state index in [-0.39, 0.29) is 18.5 Å². The number of hydrogen-bond acceptors (Lipinski definition) is 7. The number of rotatable bonds is 14. The molecule has 46 heavy (non-hydrogen) atoms. The smallest absolute Gasteiger partial charge is 0.330 e. The molecular formula is C35H40ClN7O3. The maximum atomic E-state index is 13.5. The van der Waals surface area contributed by atoms with Gasteiger partial charge in [-0.1, -0.05) is 55.8 Å². The van der Waals surface area contributed by atoms with Gasteiger partial charge in [0.05, 0.1) is 17.3 Å². The van der Waals surface area contributed by atoms with Gasteiger partial charge in [0.25, 0.3) is 0 Å². The SMILES string of the molecule is CCN(CC)CCOc1ccc(Nc2ncc3c(n2)N(C)C(=O)N(c2cc(NC(=O)CCCc4ccccc4)ccc2Cl)C3)cc1. The van der Waals surface area contributed by atoms with Crippen molar-refractivity contribution in [3.8, 4) is 5.75 Å². The molecule has 3 amide bonds. The highest BCUT2D eigenvalue weighted by atomic mass is 35.5. The molecule has 4 aromatic rings. The lowest BCUT2D eigenvalue weighted by atomic mass is 10.1. The number of aromatic nitrogens is 2. The molecule has 2 heterocycles. The molecule has 0 saturated carbocycles. The van der Waals surface area contributed by atoms with Crippen LogP contribution in [0.3, 0.4) is 0 Å². The summed E-state index contributed by atoms with van der Waals surface area (Å²) >= 11 is 6.56. The normalized spacial score (nSPS) is 12.7. The number of urea groups is 1. The minimum atomic E-state index is -0.295. The molecule has 1 aliphatic rings. The number of nitrogens with zero attached hydrogens (tertiary/aromatic N) is 5. The molecule has 0 atom stereocenters. The van der Waals surface area contributed by atoms with Crippen molar-refractivity contribution in [1.29, 1.82) is 0 Å². The van der Waals surface area contributed by atoms with Gasteiger partial charge in [0, 0.05) is 43.1 Å². The molecule has 0 saturated heterocycles. The predicted octanol–water partition coefficient (Wildman–Crippen LogP) is 7.13. The summed E-state index contributed by atoms with van der Waals surface area (Å²) in [6, 6.07) is 22.6. The molecular weight excluding hydrogens is 602 g/mol. The molecule has 1 aromatic heterocycles. The Hall–Kier alpha value is -4.67. The second-order valence-corrected chi connectivity index (χ2v) is 11.5. The van der Waals surface area contributed by atoms with Crippen LogP contribution in [-0.2, 0) is 17.8 Å². The Kier molecular flexibility index (Phi) is 11.1. The van der Waals surface area contributed by atoms with Gasteiger partial charge in [0.2, 0.25) is 11.9 Å². The molecule has 10 nitrogen and oxygen atoms in total. The first-order valence-electron chi connectivity index (χ1n) is 15.6. The Balaban J connectivity index is 1.20. The predicted molar refractivity (Wildman–Crippen MR) is 184 cm³/mol. The van der Waals surface area contributed by atoms with Crippen molar-refractivity contribution in [2.24, 2.45) is 0 Å². The first kappa shape index (κ1) is 32.7. The summed E-state index contributed by atoms with van der Waals surface area (Å²) < 4.78 is 5.88. The van der Waals surface area contributed by atoms with Gasteiger partial charge in [-0.3, -0.25) is 14.6 Å². The van der Waals surface area contributed by atoms with E-state index >= 15 is 0 Å². The number of aryl methyl sites for hydroxylation is 1. The largest absolute Gasteiger partial charge is 0.492 e. The first-order valence-corrected chi connectivity index (χ1v) is 16.0.